The molecular weight excluding hydrogens is 334 g/mol. The maximum absolute atomic E-state index is 11.5. The van der Waals surface area contributed by atoms with Gasteiger partial charge in [0.25, 0.3) is 0 Å². The number of carbonyl (C=O) groups excluding carboxylic acids is 1. The van der Waals surface area contributed by atoms with Gasteiger partial charge in [-0.15, -0.1) is 0 Å². The Bertz CT molecular complexity index is 461. The first-order valence-corrected chi connectivity index (χ1v) is 11.4. The third kappa shape index (κ3) is 8.59. The van der Waals surface area contributed by atoms with E-state index in [1.807, 2.05) is 6.21 Å². The highest BCUT2D eigenvalue weighted by atomic mass is 16.1. The van der Waals surface area contributed by atoms with E-state index in [1.54, 1.807) is 6.92 Å². The smallest absolute Gasteiger partial charge is 0.221 e. The topological polar surface area (TPSA) is 41.5 Å². The zero-order valence-corrected chi connectivity index (χ0v) is 18.4. The largest absolute Gasteiger partial charge is 0.307 e. The zero-order chi connectivity index (χ0) is 20.0. The SMILES string of the molecule is CCCCCCCCCCC/C=C/CC1N=CC[N+]1(CC)C(C)NC(C)=O. The van der Waals surface area contributed by atoms with Gasteiger partial charge in [0, 0.05) is 20.3 Å². The van der Waals surface area contributed by atoms with Crippen LogP contribution in [0, 0.1) is 0 Å². The molecule has 27 heavy (non-hydrogen) atoms. The molecule has 156 valence electrons. The molecule has 1 heterocycles. The highest BCUT2D eigenvalue weighted by Crippen LogP contribution is 2.25. The van der Waals surface area contributed by atoms with E-state index < -0.39 is 0 Å². The first-order valence-electron chi connectivity index (χ1n) is 11.4. The molecule has 0 aromatic carbocycles. The lowest BCUT2D eigenvalue weighted by atomic mass is 10.1. The minimum atomic E-state index is 0.0417. The summed E-state index contributed by atoms with van der Waals surface area (Å²) in [5.41, 5.74) is 0. The van der Waals surface area contributed by atoms with Gasteiger partial charge in [0.1, 0.15) is 6.54 Å². The van der Waals surface area contributed by atoms with Crippen molar-refractivity contribution in [1.82, 2.24) is 5.32 Å². The molecule has 0 fully saturated rings. The Morgan fingerprint density at radius 1 is 1.11 bits per heavy atom. The van der Waals surface area contributed by atoms with Crippen LogP contribution in [0.4, 0.5) is 0 Å². The quantitative estimate of drug-likeness (QED) is 0.225. The summed E-state index contributed by atoms with van der Waals surface area (Å²) in [4.78, 5) is 16.2. The van der Waals surface area contributed by atoms with Crippen molar-refractivity contribution in [1.29, 1.82) is 0 Å². The predicted molar refractivity (Wildman–Crippen MR) is 117 cm³/mol. The molecule has 0 bridgehead atoms. The van der Waals surface area contributed by atoms with Gasteiger partial charge < -0.3 is 5.32 Å². The van der Waals surface area contributed by atoms with E-state index in [1.165, 1.54) is 64.2 Å². The van der Waals surface area contributed by atoms with Crippen LogP contribution in [0.25, 0.3) is 0 Å². The standard InChI is InChI=1S/C23H43N3O/c1-5-7-8-9-10-11-12-13-14-15-16-17-18-23-24-19-20-26(23,6-2)21(3)25-22(4)27/h16-17,19,21,23H,5-15,18,20H2,1-4H3/p+1/b17-16+. The second-order valence-electron chi connectivity index (χ2n) is 8.11. The molecule has 0 radical (unpaired) electrons. The van der Waals surface area contributed by atoms with Crippen molar-refractivity contribution in [3.63, 3.8) is 0 Å². The Labute approximate surface area is 168 Å². The Morgan fingerprint density at radius 2 is 1.74 bits per heavy atom. The average Bonchev–Trinajstić information content (AvgIpc) is 3.06. The van der Waals surface area contributed by atoms with Gasteiger partial charge >= 0.3 is 0 Å². The van der Waals surface area contributed by atoms with E-state index >= 15 is 0 Å². The molecule has 0 aromatic rings. The highest BCUT2D eigenvalue weighted by Gasteiger charge is 2.42. The Morgan fingerprint density at radius 3 is 2.33 bits per heavy atom. The molecule has 0 saturated heterocycles. The van der Waals surface area contributed by atoms with Gasteiger partial charge in [0.15, 0.2) is 12.3 Å². The van der Waals surface area contributed by atoms with Crippen molar-refractivity contribution in [2.75, 3.05) is 13.1 Å². The molecule has 4 heteroatoms. The van der Waals surface area contributed by atoms with Crippen molar-refractivity contribution in [2.24, 2.45) is 4.99 Å². The summed E-state index contributed by atoms with van der Waals surface area (Å²) in [7, 11) is 0. The molecular formula is C23H44N3O+. The van der Waals surface area contributed by atoms with Crippen molar-refractivity contribution in [3.05, 3.63) is 12.2 Å². The van der Waals surface area contributed by atoms with Crippen LogP contribution >= 0.6 is 0 Å². The van der Waals surface area contributed by atoms with Crippen LogP contribution < -0.4 is 5.32 Å². The molecule has 4 nitrogen and oxygen atoms in total. The van der Waals surface area contributed by atoms with Crippen LogP contribution in [-0.4, -0.2) is 42.0 Å². The molecule has 0 spiro atoms. The Hall–Kier alpha value is -1.16. The summed E-state index contributed by atoms with van der Waals surface area (Å²) in [6.45, 7) is 10.1. The van der Waals surface area contributed by atoms with Gasteiger partial charge in [0.05, 0.1) is 12.8 Å². The maximum atomic E-state index is 11.5. The second-order valence-corrected chi connectivity index (χ2v) is 8.11. The third-order valence-corrected chi connectivity index (χ3v) is 6.05. The van der Waals surface area contributed by atoms with Gasteiger partial charge in [-0.25, -0.2) is 4.99 Å². The third-order valence-electron chi connectivity index (χ3n) is 6.05. The minimum Gasteiger partial charge on any atom is -0.307 e. The minimum absolute atomic E-state index is 0.0417. The van der Waals surface area contributed by atoms with Crippen LogP contribution in [0.5, 0.6) is 0 Å². The fourth-order valence-corrected chi connectivity index (χ4v) is 4.21. The van der Waals surface area contributed by atoms with Crippen LogP contribution in [0.15, 0.2) is 17.1 Å². The van der Waals surface area contributed by atoms with Crippen LogP contribution in [0.2, 0.25) is 0 Å². The van der Waals surface area contributed by atoms with E-state index in [4.69, 9.17) is 4.99 Å². The Kier molecular flexibility index (Phi) is 12.3. The summed E-state index contributed by atoms with van der Waals surface area (Å²) >= 11 is 0. The lowest BCUT2D eigenvalue weighted by molar-refractivity contribution is -0.958. The molecule has 0 aliphatic carbocycles. The van der Waals surface area contributed by atoms with Crippen molar-refractivity contribution < 1.29 is 9.28 Å². The predicted octanol–water partition coefficient (Wildman–Crippen LogP) is 5.58. The lowest BCUT2D eigenvalue weighted by Gasteiger charge is -2.42. The van der Waals surface area contributed by atoms with E-state index in [9.17, 15) is 4.79 Å². The maximum Gasteiger partial charge on any atom is 0.221 e. The number of rotatable bonds is 15. The molecule has 3 unspecified atom stereocenters. The molecule has 0 saturated carbocycles. The molecule has 0 aromatic heterocycles. The van der Waals surface area contributed by atoms with Gasteiger partial charge in [-0.05, 0) is 19.8 Å². The molecule has 1 N–H and O–H groups in total. The van der Waals surface area contributed by atoms with Crippen molar-refractivity contribution in [3.8, 4) is 0 Å². The van der Waals surface area contributed by atoms with E-state index in [0.29, 0.717) is 0 Å². The number of nitrogens with zero attached hydrogens (tertiary/aromatic N) is 2. The molecule has 1 aliphatic heterocycles. The second kappa shape index (κ2) is 13.9. The zero-order valence-electron chi connectivity index (χ0n) is 18.4. The van der Waals surface area contributed by atoms with Gasteiger partial charge in [0.2, 0.25) is 5.91 Å². The summed E-state index contributed by atoms with van der Waals surface area (Å²) in [6.07, 6.45) is 21.6. The number of amides is 1. The summed E-state index contributed by atoms with van der Waals surface area (Å²) in [5, 5.41) is 3.08. The van der Waals surface area contributed by atoms with Gasteiger partial charge in [-0.2, -0.15) is 0 Å². The van der Waals surface area contributed by atoms with Crippen LogP contribution in [-0.2, 0) is 4.79 Å². The fraction of sp³-hybridized carbons (Fsp3) is 0.826. The number of carbonyl (C=O) groups is 1. The molecule has 3 atom stereocenters. The van der Waals surface area contributed by atoms with E-state index in [2.05, 4.69) is 38.2 Å². The van der Waals surface area contributed by atoms with E-state index in [0.717, 1.165) is 24.0 Å². The van der Waals surface area contributed by atoms with Crippen molar-refractivity contribution in [2.45, 2.75) is 111 Å². The number of allylic oxidation sites excluding steroid dienone is 1. The first kappa shape index (κ1) is 23.9. The van der Waals surface area contributed by atoms with E-state index in [-0.39, 0.29) is 18.2 Å². The van der Waals surface area contributed by atoms with Gasteiger partial charge in [-0.1, -0.05) is 70.4 Å². The number of unbranched alkanes of at least 4 members (excludes halogenated alkanes) is 9. The average molecular weight is 379 g/mol. The Balaban J connectivity index is 2.21. The summed E-state index contributed by atoms with van der Waals surface area (Å²) in [5.74, 6) is 0.0417. The normalized spacial score (nSPS) is 23.2. The van der Waals surface area contributed by atoms with Crippen LogP contribution in [0.1, 0.15) is 98.3 Å². The summed E-state index contributed by atoms with van der Waals surface area (Å²) < 4.78 is 0.835. The van der Waals surface area contributed by atoms with Crippen LogP contribution in [0.3, 0.4) is 0 Å². The number of hydrogen-bond donors (Lipinski definition) is 1. The number of nitrogens with one attached hydrogen (secondary N) is 1. The van der Waals surface area contributed by atoms with Gasteiger partial charge in [-0.3, -0.25) is 9.28 Å². The fourth-order valence-electron chi connectivity index (χ4n) is 4.21. The number of aliphatic imine (C=N–C) groups is 1. The molecule has 1 amide bonds. The molecule has 1 rings (SSSR count). The highest BCUT2D eigenvalue weighted by molar-refractivity contribution is 5.73. The monoisotopic (exact) mass is 378 g/mol. The lowest BCUT2D eigenvalue weighted by Crippen LogP contribution is -2.63. The number of quaternary nitrogens is 1. The molecule has 1 aliphatic rings. The number of hydrogen-bond acceptors (Lipinski definition) is 2. The summed E-state index contributed by atoms with van der Waals surface area (Å²) in [6, 6.07) is 0. The first-order chi connectivity index (χ1) is 13.1. The van der Waals surface area contributed by atoms with Crippen molar-refractivity contribution >= 4 is 12.1 Å².